The monoisotopic (exact) mass is 450 g/mol. The third kappa shape index (κ3) is 6.43. The Labute approximate surface area is 185 Å². The number of halogens is 2. The minimum Gasteiger partial charge on any atom is -0.515 e. The molecule has 2 rings (SSSR count). The summed E-state index contributed by atoms with van der Waals surface area (Å²) in [5.41, 5.74) is 1.83. The van der Waals surface area contributed by atoms with Gasteiger partial charge in [0.05, 0.1) is 12.3 Å². The lowest BCUT2D eigenvalue weighted by Gasteiger charge is -2.25. The lowest BCUT2D eigenvalue weighted by atomic mass is 10.1. The number of fused-ring (bicyclic) bond motifs is 1. The van der Waals surface area contributed by atoms with E-state index in [1.165, 1.54) is 23.4 Å². The molecule has 3 N–H and O–H groups in total. The minimum absolute atomic E-state index is 0.0628. The van der Waals surface area contributed by atoms with Gasteiger partial charge in [0.2, 0.25) is 0 Å². The van der Waals surface area contributed by atoms with Crippen molar-refractivity contribution < 1.29 is 28.6 Å². The highest BCUT2D eigenvalue weighted by atomic mass is 19.3. The molecule has 8 nitrogen and oxygen atoms in total. The average Bonchev–Trinajstić information content (AvgIpc) is 3.08. The van der Waals surface area contributed by atoms with Gasteiger partial charge in [-0.2, -0.15) is 0 Å². The molecule has 2 amide bonds. The van der Waals surface area contributed by atoms with Crippen LogP contribution in [-0.4, -0.2) is 69.8 Å². The smallest absolute Gasteiger partial charge is 0.270 e. The first-order valence-corrected chi connectivity index (χ1v) is 10.2. The summed E-state index contributed by atoms with van der Waals surface area (Å²) in [5, 5.41) is 20.8. The number of nitrogens with zero attached hydrogens (tertiary/aromatic N) is 3. The highest BCUT2D eigenvalue weighted by molar-refractivity contribution is 6.04. The normalized spacial score (nSPS) is 15.9. The van der Waals surface area contributed by atoms with Crippen molar-refractivity contribution in [3.8, 4) is 0 Å². The van der Waals surface area contributed by atoms with Crippen LogP contribution in [-0.2, 0) is 6.54 Å². The van der Waals surface area contributed by atoms with Crippen molar-refractivity contribution in [2.75, 3.05) is 19.7 Å². The fourth-order valence-corrected chi connectivity index (χ4v) is 3.18. The van der Waals surface area contributed by atoms with Crippen LogP contribution in [0.5, 0.6) is 0 Å². The van der Waals surface area contributed by atoms with E-state index in [1.807, 2.05) is 0 Å². The van der Waals surface area contributed by atoms with E-state index in [0.29, 0.717) is 28.7 Å². The van der Waals surface area contributed by atoms with Crippen LogP contribution >= 0.6 is 0 Å². The van der Waals surface area contributed by atoms with Crippen LogP contribution in [0.4, 0.5) is 8.78 Å². The molecule has 1 unspecified atom stereocenters. The van der Waals surface area contributed by atoms with Gasteiger partial charge in [0.15, 0.2) is 0 Å². The zero-order chi connectivity index (χ0) is 23.9. The Hall–Kier alpha value is -3.14. The molecule has 10 heteroatoms. The number of aromatic nitrogens is 1. The number of aliphatic imine (C=N–C) groups is 1. The lowest BCUT2D eigenvalue weighted by molar-refractivity contribution is 0.0327. The maximum absolute atomic E-state index is 13.2. The Morgan fingerprint density at radius 2 is 2.19 bits per heavy atom. The molecule has 0 radical (unpaired) electrons. The summed E-state index contributed by atoms with van der Waals surface area (Å²) >= 11 is 0. The van der Waals surface area contributed by atoms with Crippen LogP contribution in [0.1, 0.15) is 53.6 Å². The van der Waals surface area contributed by atoms with Crippen molar-refractivity contribution in [1.82, 2.24) is 15.2 Å². The third-order valence-corrected chi connectivity index (χ3v) is 4.87. The molecular weight excluding hydrogens is 422 g/mol. The Balaban J connectivity index is 2.31. The van der Waals surface area contributed by atoms with Crippen LogP contribution in [0.15, 0.2) is 40.7 Å². The van der Waals surface area contributed by atoms with Crippen molar-refractivity contribution in [2.45, 2.75) is 45.7 Å². The van der Waals surface area contributed by atoms with Gasteiger partial charge in [0.25, 0.3) is 17.7 Å². The number of pyridine rings is 1. The van der Waals surface area contributed by atoms with Gasteiger partial charge in [-0.25, -0.2) is 8.78 Å². The van der Waals surface area contributed by atoms with Gasteiger partial charge in [-0.1, -0.05) is 0 Å². The molecule has 1 aromatic rings. The van der Waals surface area contributed by atoms with E-state index < -0.39 is 24.4 Å². The summed E-state index contributed by atoms with van der Waals surface area (Å²) in [4.78, 5) is 34.9. The maximum Gasteiger partial charge on any atom is 0.270 e. The second-order valence-corrected chi connectivity index (χ2v) is 7.69. The molecule has 32 heavy (non-hydrogen) atoms. The van der Waals surface area contributed by atoms with Crippen molar-refractivity contribution in [2.24, 2.45) is 4.99 Å². The Morgan fingerprint density at radius 1 is 1.47 bits per heavy atom. The van der Waals surface area contributed by atoms with Crippen molar-refractivity contribution in [1.29, 1.82) is 0 Å². The van der Waals surface area contributed by atoms with Crippen LogP contribution in [0, 0.1) is 0 Å². The summed E-state index contributed by atoms with van der Waals surface area (Å²) in [6.07, 6.45) is 5.47. The molecule has 2 heterocycles. The number of allylic oxidation sites excluding steroid dienone is 2. The molecule has 0 bridgehead atoms. The quantitative estimate of drug-likeness (QED) is 0.219. The van der Waals surface area contributed by atoms with Crippen LogP contribution in [0.25, 0.3) is 0 Å². The highest BCUT2D eigenvalue weighted by Gasteiger charge is 2.35. The molecule has 0 spiro atoms. The number of hydrogen-bond acceptors (Lipinski definition) is 6. The average molecular weight is 450 g/mol. The summed E-state index contributed by atoms with van der Waals surface area (Å²) in [6.45, 7) is 3.69. The molecule has 0 aliphatic carbocycles. The Morgan fingerprint density at radius 3 is 2.81 bits per heavy atom. The van der Waals surface area contributed by atoms with Gasteiger partial charge in [-0.15, -0.1) is 0 Å². The first kappa shape index (κ1) is 25.1. The first-order valence-electron chi connectivity index (χ1n) is 10.2. The number of hydrogen-bond donors (Lipinski definition) is 3. The number of carbonyl (C=O) groups excluding carboxylic acids is 2. The highest BCUT2D eigenvalue weighted by Crippen LogP contribution is 2.28. The number of aliphatic hydroxyl groups is 2. The number of carbonyl (C=O) groups is 2. The van der Waals surface area contributed by atoms with Gasteiger partial charge in [0.1, 0.15) is 12.2 Å². The SMILES string of the molecule is CC(/C=C(\C=N/CC(C)(F)F)C(C)N1Cc2c(ccnc2C(=O)NCCCO)C1=O)=C\O. The van der Waals surface area contributed by atoms with E-state index in [-0.39, 0.29) is 31.3 Å². The maximum atomic E-state index is 13.2. The van der Waals surface area contributed by atoms with Gasteiger partial charge < -0.3 is 20.4 Å². The van der Waals surface area contributed by atoms with Crippen LogP contribution in [0.3, 0.4) is 0 Å². The van der Waals surface area contributed by atoms with Crippen LogP contribution < -0.4 is 5.32 Å². The predicted molar refractivity (Wildman–Crippen MR) is 116 cm³/mol. The fraction of sp³-hybridized carbons (Fsp3) is 0.455. The van der Waals surface area contributed by atoms with E-state index in [9.17, 15) is 23.5 Å². The number of nitrogens with one attached hydrogen (secondary N) is 1. The van der Waals surface area contributed by atoms with Gasteiger partial charge in [-0.05, 0) is 43.6 Å². The Kier molecular flexibility index (Phi) is 8.59. The topological polar surface area (TPSA) is 115 Å². The van der Waals surface area contributed by atoms with E-state index in [0.717, 1.165) is 13.2 Å². The third-order valence-electron chi connectivity index (χ3n) is 4.87. The standard InChI is InChI=1S/C22H28F2N4O4/c1-14(12-30)9-16(10-25-13-22(3,23)24)15(2)28-11-18-17(21(28)32)5-7-26-19(18)20(31)27-6-4-8-29/h5,7,9-10,12,15,29-30H,4,6,8,11,13H2,1-3H3,(H,27,31)/b14-12+,16-9+,25-10-. The first-order chi connectivity index (χ1) is 15.1. The molecule has 0 aromatic carbocycles. The molecule has 174 valence electrons. The summed E-state index contributed by atoms with van der Waals surface area (Å²) in [6, 6.07) is 0.951. The molecule has 0 fully saturated rings. The molecule has 1 aliphatic heterocycles. The predicted octanol–water partition coefficient (Wildman–Crippen LogP) is 2.65. The number of alkyl halides is 2. The zero-order valence-corrected chi connectivity index (χ0v) is 18.3. The molecular formula is C22H28F2N4O4. The van der Waals surface area contributed by atoms with E-state index in [4.69, 9.17) is 5.11 Å². The summed E-state index contributed by atoms with van der Waals surface area (Å²) in [7, 11) is 0. The van der Waals surface area contributed by atoms with E-state index in [1.54, 1.807) is 19.9 Å². The fourth-order valence-electron chi connectivity index (χ4n) is 3.18. The molecule has 1 aromatic heterocycles. The molecule has 0 saturated carbocycles. The molecule has 1 atom stereocenters. The summed E-state index contributed by atoms with van der Waals surface area (Å²) < 4.78 is 26.3. The van der Waals surface area contributed by atoms with Gasteiger partial charge >= 0.3 is 0 Å². The van der Waals surface area contributed by atoms with E-state index in [2.05, 4.69) is 15.3 Å². The number of amides is 2. The lowest BCUT2D eigenvalue weighted by Crippen LogP contribution is -2.35. The number of rotatable bonds is 10. The van der Waals surface area contributed by atoms with Crippen molar-refractivity contribution in [3.05, 3.63) is 52.6 Å². The van der Waals surface area contributed by atoms with Crippen molar-refractivity contribution >= 4 is 18.0 Å². The number of aliphatic hydroxyl groups excluding tert-OH is 2. The second kappa shape index (κ2) is 10.9. The van der Waals surface area contributed by atoms with E-state index >= 15 is 0 Å². The molecule has 0 saturated heterocycles. The second-order valence-electron chi connectivity index (χ2n) is 7.69. The Bertz CT molecular complexity index is 938. The largest absolute Gasteiger partial charge is 0.515 e. The van der Waals surface area contributed by atoms with Gasteiger partial charge in [-0.3, -0.25) is 19.6 Å². The minimum atomic E-state index is -2.98. The molecule has 1 aliphatic rings. The zero-order valence-electron chi connectivity index (χ0n) is 18.3. The van der Waals surface area contributed by atoms with Gasteiger partial charge in [0, 0.05) is 50.2 Å². The summed E-state index contributed by atoms with van der Waals surface area (Å²) in [5.74, 6) is -3.75. The van der Waals surface area contributed by atoms with Crippen LogP contribution in [0.2, 0.25) is 0 Å². The van der Waals surface area contributed by atoms with Crippen molar-refractivity contribution in [3.63, 3.8) is 0 Å².